The number of hydrogen-bond acceptors (Lipinski definition) is 6. The number of aliphatic hydroxyl groups excluding tert-OH is 1. The molecule has 0 radical (unpaired) electrons. The average molecular weight is 334 g/mol. The van der Waals surface area contributed by atoms with Gasteiger partial charge in [-0.15, -0.1) is 0 Å². The third-order valence-electron chi connectivity index (χ3n) is 3.82. The molecule has 0 spiro atoms. The molecular formula is C18H22O6. The Bertz CT molecular complexity index is 711. The minimum absolute atomic E-state index is 0.0982. The second-order valence-corrected chi connectivity index (χ2v) is 5.83. The Hall–Kier alpha value is -2.15. The Labute approximate surface area is 140 Å². The summed E-state index contributed by atoms with van der Waals surface area (Å²) in [6, 6.07) is 1.30. The van der Waals surface area contributed by atoms with Crippen molar-refractivity contribution >= 4 is 6.08 Å². The van der Waals surface area contributed by atoms with Gasteiger partial charge in [0.25, 0.3) is 0 Å². The molecule has 0 bridgehead atoms. The molecule has 3 unspecified atom stereocenters. The Morgan fingerprint density at radius 3 is 2.67 bits per heavy atom. The summed E-state index contributed by atoms with van der Waals surface area (Å²) in [5.74, 6) is 0.910. The normalized spacial score (nSPS) is 27.7. The first-order chi connectivity index (χ1) is 11.3. The molecule has 0 aliphatic carbocycles. The predicted octanol–water partition coefficient (Wildman–Crippen LogP) is 1.59. The number of rotatable bonds is 5. The number of ether oxygens (including phenoxy) is 2. The van der Waals surface area contributed by atoms with Gasteiger partial charge in [0, 0.05) is 5.56 Å². The van der Waals surface area contributed by atoms with Gasteiger partial charge in [0.15, 0.2) is 0 Å². The molecule has 1 aliphatic heterocycles. The molecule has 1 aromatic heterocycles. The summed E-state index contributed by atoms with van der Waals surface area (Å²) in [5, 5.41) is 19.7. The first-order valence-corrected chi connectivity index (χ1v) is 7.57. The standard InChI is InChI=1S/C18H22O6/c1-12-13(24-16(19)10-15(12)22-3)8-6-4-5-7-9-14-17(20)18(2,21)11-23-14/h4-10,14,17,20-21H,11H2,1-3H3. The van der Waals surface area contributed by atoms with Crippen molar-refractivity contribution in [3.63, 3.8) is 0 Å². The summed E-state index contributed by atoms with van der Waals surface area (Å²) in [4.78, 5) is 11.4. The fourth-order valence-electron chi connectivity index (χ4n) is 2.32. The second kappa shape index (κ2) is 7.61. The largest absolute Gasteiger partial charge is 0.496 e. The summed E-state index contributed by atoms with van der Waals surface area (Å²) in [6.45, 7) is 3.44. The molecule has 1 aromatic rings. The maximum Gasteiger partial charge on any atom is 0.339 e. The van der Waals surface area contributed by atoms with Gasteiger partial charge in [-0.2, -0.15) is 0 Å². The van der Waals surface area contributed by atoms with Crippen LogP contribution in [0.2, 0.25) is 0 Å². The highest BCUT2D eigenvalue weighted by Crippen LogP contribution is 2.25. The Morgan fingerprint density at radius 2 is 2.04 bits per heavy atom. The number of allylic oxidation sites excluding steroid dienone is 4. The Morgan fingerprint density at radius 1 is 1.33 bits per heavy atom. The van der Waals surface area contributed by atoms with Crippen LogP contribution in [-0.4, -0.2) is 41.7 Å². The van der Waals surface area contributed by atoms with Crippen molar-refractivity contribution in [2.75, 3.05) is 13.7 Å². The molecule has 2 N–H and O–H groups in total. The molecule has 2 rings (SSSR count). The molecule has 0 saturated carbocycles. The average Bonchev–Trinajstić information content (AvgIpc) is 2.80. The molecule has 2 heterocycles. The third-order valence-corrected chi connectivity index (χ3v) is 3.82. The summed E-state index contributed by atoms with van der Waals surface area (Å²) < 4.78 is 15.5. The monoisotopic (exact) mass is 334 g/mol. The van der Waals surface area contributed by atoms with Crippen LogP contribution >= 0.6 is 0 Å². The lowest BCUT2D eigenvalue weighted by Gasteiger charge is -2.19. The van der Waals surface area contributed by atoms with Gasteiger partial charge in [0.1, 0.15) is 29.3 Å². The van der Waals surface area contributed by atoms with E-state index in [2.05, 4.69) is 0 Å². The SMILES string of the molecule is COc1cc(=O)oc(C=CC=CC=CC2OCC(C)(O)C2O)c1C. The highest BCUT2D eigenvalue weighted by Gasteiger charge is 2.42. The Kier molecular flexibility index (Phi) is 5.77. The quantitative estimate of drug-likeness (QED) is 0.795. The van der Waals surface area contributed by atoms with E-state index in [1.807, 2.05) is 0 Å². The van der Waals surface area contributed by atoms with Crippen LogP contribution in [0.5, 0.6) is 5.75 Å². The molecule has 6 heteroatoms. The van der Waals surface area contributed by atoms with Crippen molar-refractivity contribution < 1.29 is 24.1 Å². The van der Waals surface area contributed by atoms with E-state index >= 15 is 0 Å². The van der Waals surface area contributed by atoms with Crippen LogP contribution in [0.3, 0.4) is 0 Å². The highest BCUT2D eigenvalue weighted by molar-refractivity contribution is 5.52. The van der Waals surface area contributed by atoms with Gasteiger partial charge in [0.2, 0.25) is 0 Å². The van der Waals surface area contributed by atoms with Crippen LogP contribution in [-0.2, 0) is 4.74 Å². The van der Waals surface area contributed by atoms with Crippen LogP contribution in [0, 0.1) is 6.92 Å². The van der Waals surface area contributed by atoms with E-state index in [0.29, 0.717) is 11.5 Å². The molecule has 1 aliphatic rings. The lowest BCUT2D eigenvalue weighted by molar-refractivity contribution is -0.0315. The molecule has 0 aromatic carbocycles. The summed E-state index contributed by atoms with van der Waals surface area (Å²) >= 11 is 0. The number of aliphatic hydroxyl groups is 2. The molecular weight excluding hydrogens is 312 g/mol. The number of hydrogen-bond donors (Lipinski definition) is 2. The van der Waals surface area contributed by atoms with Crippen molar-refractivity contribution in [2.24, 2.45) is 0 Å². The van der Waals surface area contributed by atoms with Crippen molar-refractivity contribution in [3.8, 4) is 5.75 Å². The van der Waals surface area contributed by atoms with Gasteiger partial charge in [-0.1, -0.05) is 30.4 Å². The van der Waals surface area contributed by atoms with Crippen LogP contribution in [0.1, 0.15) is 18.2 Å². The lowest BCUT2D eigenvalue weighted by atomic mass is 9.99. The Balaban J connectivity index is 1.98. The smallest absolute Gasteiger partial charge is 0.339 e. The van der Waals surface area contributed by atoms with Crippen molar-refractivity contribution in [3.05, 3.63) is 58.2 Å². The predicted molar refractivity (Wildman–Crippen MR) is 90.0 cm³/mol. The zero-order chi connectivity index (χ0) is 17.7. The van der Waals surface area contributed by atoms with Gasteiger partial charge < -0.3 is 24.1 Å². The van der Waals surface area contributed by atoms with Crippen LogP contribution < -0.4 is 10.4 Å². The summed E-state index contributed by atoms with van der Waals surface area (Å²) in [7, 11) is 1.50. The fourth-order valence-corrected chi connectivity index (χ4v) is 2.32. The zero-order valence-corrected chi connectivity index (χ0v) is 13.9. The molecule has 130 valence electrons. The molecule has 3 atom stereocenters. The van der Waals surface area contributed by atoms with E-state index in [1.165, 1.54) is 20.1 Å². The maximum absolute atomic E-state index is 11.4. The number of methoxy groups -OCH3 is 1. The van der Waals surface area contributed by atoms with Crippen molar-refractivity contribution in [1.29, 1.82) is 0 Å². The van der Waals surface area contributed by atoms with Gasteiger partial charge in [-0.3, -0.25) is 0 Å². The molecule has 6 nitrogen and oxygen atoms in total. The van der Waals surface area contributed by atoms with Gasteiger partial charge in [-0.05, 0) is 19.9 Å². The molecule has 1 saturated heterocycles. The second-order valence-electron chi connectivity index (χ2n) is 5.83. The first kappa shape index (κ1) is 18.2. The lowest BCUT2D eigenvalue weighted by Crippen LogP contribution is -2.40. The van der Waals surface area contributed by atoms with Crippen LogP contribution in [0.15, 0.2) is 45.7 Å². The van der Waals surface area contributed by atoms with Gasteiger partial charge >= 0.3 is 5.63 Å². The van der Waals surface area contributed by atoms with Crippen LogP contribution in [0.4, 0.5) is 0 Å². The summed E-state index contributed by atoms with van der Waals surface area (Å²) in [6.07, 6.45) is 8.77. The highest BCUT2D eigenvalue weighted by atomic mass is 16.5. The summed E-state index contributed by atoms with van der Waals surface area (Å²) in [5.41, 5.74) is -0.956. The third kappa shape index (κ3) is 4.23. The molecule has 0 amide bonds. The van der Waals surface area contributed by atoms with E-state index in [-0.39, 0.29) is 6.61 Å². The van der Waals surface area contributed by atoms with E-state index in [0.717, 1.165) is 5.56 Å². The van der Waals surface area contributed by atoms with E-state index in [1.54, 1.807) is 43.4 Å². The van der Waals surface area contributed by atoms with Crippen molar-refractivity contribution in [1.82, 2.24) is 0 Å². The van der Waals surface area contributed by atoms with E-state index < -0.39 is 23.4 Å². The zero-order valence-electron chi connectivity index (χ0n) is 13.9. The van der Waals surface area contributed by atoms with Crippen LogP contribution in [0.25, 0.3) is 6.08 Å². The molecule has 24 heavy (non-hydrogen) atoms. The van der Waals surface area contributed by atoms with E-state index in [4.69, 9.17) is 13.9 Å². The minimum atomic E-state index is -1.22. The molecule has 1 fully saturated rings. The van der Waals surface area contributed by atoms with E-state index in [9.17, 15) is 15.0 Å². The topological polar surface area (TPSA) is 89.1 Å². The fraction of sp³-hybridized carbons (Fsp3) is 0.389. The van der Waals surface area contributed by atoms with Gasteiger partial charge in [0.05, 0.1) is 19.8 Å². The van der Waals surface area contributed by atoms with Crippen molar-refractivity contribution in [2.45, 2.75) is 31.7 Å². The maximum atomic E-state index is 11.4. The van der Waals surface area contributed by atoms with Gasteiger partial charge in [-0.25, -0.2) is 4.79 Å². The minimum Gasteiger partial charge on any atom is -0.496 e. The first-order valence-electron chi connectivity index (χ1n) is 7.57.